The number of rotatable bonds is 13. The number of carbonyl (C=O) groups excluding carboxylic acids is 1. The van der Waals surface area contributed by atoms with Crippen molar-refractivity contribution in [1.82, 2.24) is 5.32 Å². The molecule has 0 aliphatic carbocycles. The Morgan fingerprint density at radius 3 is 1.75 bits per heavy atom. The van der Waals surface area contributed by atoms with E-state index in [-0.39, 0.29) is 127 Å². The van der Waals surface area contributed by atoms with Crippen LogP contribution in [0.1, 0.15) is 71.1 Å². The van der Waals surface area contributed by atoms with Gasteiger partial charge in [-0.15, -0.1) is 0 Å². The fourth-order valence-electron chi connectivity index (χ4n) is 2.00. The van der Waals surface area contributed by atoms with E-state index >= 15 is 0 Å². The van der Waals surface area contributed by atoms with Crippen molar-refractivity contribution >= 4 is 16.0 Å². The number of halogens is 2. The van der Waals surface area contributed by atoms with Gasteiger partial charge in [-0.1, -0.05) is 58.3 Å². The fourth-order valence-corrected chi connectivity index (χ4v) is 2.36. The van der Waals surface area contributed by atoms with Crippen LogP contribution in [0.4, 0.5) is 0 Å². The topological polar surface area (TPSA) is 83.5 Å². The molecule has 0 radical (unpaired) electrons. The molecule has 0 aliphatic heterocycles. The van der Waals surface area contributed by atoms with Crippen molar-refractivity contribution in [3.8, 4) is 0 Å². The van der Waals surface area contributed by atoms with E-state index in [4.69, 9.17) is 4.55 Å². The molecule has 10 heteroatoms. The van der Waals surface area contributed by atoms with Crippen LogP contribution in [0.3, 0.4) is 0 Å². The number of nitrogens with one attached hydrogen (secondary N) is 1. The Hall–Kier alpha value is 2.98. The molecule has 0 heterocycles. The van der Waals surface area contributed by atoms with E-state index in [9.17, 15) is 13.2 Å². The van der Waals surface area contributed by atoms with Crippen molar-refractivity contribution in [3.05, 3.63) is 0 Å². The van der Waals surface area contributed by atoms with Gasteiger partial charge in [0.1, 0.15) is 0 Å². The van der Waals surface area contributed by atoms with Crippen molar-refractivity contribution in [2.45, 2.75) is 71.1 Å². The average molecular weight is 529 g/mol. The molecule has 0 bridgehead atoms. The molecule has 2 N–H and O–H groups in total. The van der Waals surface area contributed by atoms with Gasteiger partial charge in [-0.05, 0) is 6.42 Å². The minimum atomic E-state index is -3.98. The van der Waals surface area contributed by atoms with Crippen molar-refractivity contribution < 1.29 is 133 Å². The van der Waals surface area contributed by atoms with Gasteiger partial charge in [-0.25, -0.2) is 0 Å². The number of amides is 1. The average Bonchev–Trinajstić information content (AvgIpc) is 2.35. The molecule has 0 fully saturated rings. The van der Waals surface area contributed by atoms with Crippen LogP contribution in [0.25, 0.3) is 0 Å². The van der Waals surface area contributed by atoms with E-state index in [1.54, 1.807) is 0 Å². The van der Waals surface area contributed by atoms with Crippen LogP contribution in [0.15, 0.2) is 0 Å². The fraction of sp³-hybridized carbons (Fsp3) is 0.929. The van der Waals surface area contributed by atoms with Gasteiger partial charge in [0.25, 0.3) is 10.1 Å². The summed E-state index contributed by atoms with van der Waals surface area (Å²) in [5, 5.41) is 2.49. The zero-order valence-corrected chi connectivity index (χ0v) is 24.4. The Balaban J connectivity index is -0.000000301. The number of hydrogen-bond acceptors (Lipinski definition) is 3. The third-order valence-electron chi connectivity index (χ3n) is 3.19. The van der Waals surface area contributed by atoms with Gasteiger partial charge in [0.15, 0.2) is 0 Å². The summed E-state index contributed by atoms with van der Waals surface area (Å²) in [4.78, 5) is 11.3. The minimum absolute atomic E-state index is 0. The van der Waals surface area contributed by atoms with Crippen LogP contribution in [0, 0.1) is 0 Å². The first-order valence-corrected chi connectivity index (χ1v) is 9.28. The summed E-state index contributed by atoms with van der Waals surface area (Å²) < 4.78 is 29.4. The second-order valence-electron chi connectivity index (χ2n) is 5.21. The molecule has 0 atom stereocenters. The molecule has 0 rings (SSSR count). The Morgan fingerprint density at radius 1 is 0.917 bits per heavy atom. The molecule has 1 amide bonds. The maximum atomic E-state index is 11.3. The van der Waals surface area contributed by atoms with Gasteiger partial charge in [0, 0.05) is 13.0 Å². The molecule has 0 saturated heterocycles. The van der Waals surface area contributed by atoms with Gasteiger partial charge < -0.3 is 39.3 Å². The maximum Gasteiger partial charge on any atom is 1.00 e. The summed E-state index contributed by atoms with van der Waals surface area (Å²) in [5.41, 5.74) is 0. The summed E-state index contributed by atoms with van der Waals surface area (Å²) in [6.07, 6.45) is 11.2. The van der Waals surface area contributed by atoms with E-state index in [0.717, 1.165) is 19.3 Å². The first kappa shape index (κ1) is 37.7. The van der Waals surface area contributed by atoms with Gasteiger partial charge >= 0.3 is 80.9 Å². The quantitative estimate of drug-likeness (QED) is 0.141. The van der Waals surface area contributed by atoms with Crippen molar-refractivity contribution in [2.24, 2.45) is 0 Å². The van der Waals surface area contributed by atoms with Crippen LogP contribution in [0.5, 0.6) is 0 Å². The standard InChI is InChI=1S/C14H29NO4S.2BrH.K.Na/c1-2-3-4-5-6-7-8-9-10-11-14(16)15-12-13-20(17,18)19;;;;/h2-13H2,1H3,(H,15,16)(H,17,18,19);2*1H;;/q;;;2*+1/p-2. The molecule has 0 aromatic heterocycles. The monoisotopic (exact) mass is 527 g/mol. The van der Waals surface area contributed by atoms with Crippen LogP contribution in [0.2, 0.25) is 0 Å². The summed E-state index contributed by atoms with van der Waals surface area (Å²) in [7, 11) is -3.98. The van der Waals surface area contributed by atoms with Crippen molar-refractivity contribution in [2.75, 3.05) is 12.3 Å². The zero-order chi connectivity index (χ0) is 15.3. The molecule has 0 saturated carbocycles. The molecule has 0 unspecified atom stereocenters. The molecule has 24 heavy (non-hydrogen) atoms. The predicted octanol–water partition coefficient (Wildman–Crippen LogP) is -9.07. The van der Waals surface area contributed by atoms with Gasteiger partial charge in [0.05, 0.1) is 5.75 Å². The second kappa shape index (κ2) is 26.0. The summed E-state index contributed by atoms with van der Waals surface area (Å²) in [6, 6.07) is 0. The van der Waals surface area contributed by atoms with E-state index in [1.165, 1.54) is 38.5 Å². The smallest absolute Gasteiger partial charge is 1.00 e. The summed E-state index contributed by atoms with van der Waals surface area (Å²) in [6.45, 7) is 2.19. The van der Waals surface area contributed by atoms with Crippen molar-refractivity contribution in [3.63, 3.8) is 0 Å². The Labute approximate surface area is 233 Å². The van der Waals surface area contributed by atoms with E-state index in [0.29, 0.717) is 6.42 Å². The van der Waals surface area contributed by atoms with Crippen molar-refractivity contribution in [1.29, 1.82) is 0 Å². The Morgan fingerprint density at radius 2 is 1.33 bits per heavy atom. The second-order valence-corrected chi connectivity index (χ2v) is 6.79. The molecule has 0 spiro atoms. The number of unbranched alkanes of at least 4 members (excludes halogenated alkanes) is 8. The van der Waals surface area contributed by atoms with Crippen LogP contribution >= 0.6 is 0 Å². The third-order valence-corrected chi connectivity index (χ3v) is 3.91. The number of carbonyl (C=O) groups is 1. The van der Waals surface area contributed by atoms with E-state index in [1.807, 2.05) is 0 Å². The molecule has 5 nitrogen and oxygen atoms in total. The van der Waals surface area contributed by atoms with Crippen LogP contribution in [-0.4, -0.2) is 31.2 Å². The van der Waals surface area contributed by atoms with E-state index < -0.39 is 15.9 Å². The normalized spacial score (nSPS) is 9.58. The Kier molecular flexibility index (Phi) is 40.8. The van der Waals surface area contributed by atoms with Gasteiger partial charge in [-0.2, -0.15) is 8.42 Å². The molecule has 136 valence electrons. The minimum Gasteiger partial charge on any atom is -1.00 e. The first-order chi connectivity index (χ1) is 9.45. The molecule has 0 aromatic carbocycles. The largest absolute Gasteiger partial charge is 1.00 e. The first-order valence-electron chi connectivity index (χ1n) is 7.67. The Bertz CT molecular complexity index is 363. The van der Waals surface area contributed by atoms with Gasteiger partial charge in [-0.3, -0.25) is 9.35 Å². The van der Waals surface area contributed by atoms with Gasteiger partial charge in [0.2, 0.25) is 5.91 Å². The molecule has 0 aromatic rings. The summed E-state index contributed by atoms with van der Waals surface area (Å²) >= 11 is 0. The van der Waals surface area contributed by atoms with Crippen LogP contribution in [-0.2, 0) is 14.9 Å². The third kappa shape index (κ3) is 32.6. The maximum absolute atomic E-state index is 11.3. The molecule has 0 aliphatic rings. The molecular weight excluding hydrogens is 500 g/mol. The number of hydrogen-bond donors (Lipinski definition) is 2. The zero-order valence-electron chi connectivity index (χ0n) is 15.3. The molecular formula is C14H29Br2KNNaO4S. The predicted molar refractivity (Wildman–Crippen MR) is 81.3 cm³/mol. The summed E-state index contributed by atoms with van der Waals surface area (Å²) in [5.74, 6) is -0.562. The van der Waals surface area contributed by atoms with Crippen LogP contribution < -0.4 is 120 Å². The SMILES string of the molecule is CCCCCCCCCCCC(=O)NCCS(=O)(=O)O.[Br-].[Br-].[K+].[Na+]. The van der Waals surface area contributed by atoms with E-state index in [2.05, 4.69) is 12.2 Å².